The molecule has 1 aliphatic rings. The van der Waals surface area contributed by atoms with Crippen LogP contribution in [0.5, 0.6) is 0 Å². The van der Waals surface area contributed by atoms with Gasteiger partial charge in [0.15, 0.2) is 0 Å². The minimum absolute atomic E-state index is 0.494. The molecule has 1 saturated heterocycles. The Morgan fingerprint density at radius 3 is 2.90 bits per heavy atom. The molecule has 0 bridgehead atoms. The first kappa shape index (κ1) is 7.98. The van der Waals surface area contributed by atoms with Crippen molar-refractivity contribution in [2.75, 3.05) is 26.8 Å². The van der Waals surface area contributed by atoms with E-state index in [9.17, 15) is 0 Å². The number of piperazine rings is 1. The van der Waals surface area contributed by atoms with Crippen LogP contribution in [0.1, 0.15) is 6.92 Å². The zero-order valence-electron chi connectivity index (χ0n) is 6.68. The second-order valence-corrected chi connectivity index (χ2v) is 2.88. The molecule has 1 fully saturated rings. The monoisotopic (exact) mass is 144 g/mol. The maximum atomic E-state index is 5.03. The lowest BCUT2D eigenvalue weighted by Gasteiger charge is -2.28. The molecular formula is C7H16N2O. The quantitative estimate of drug-likeness (QED) is 0.552. The van der Waals surface area contributed by atoms with E-state index in [1.165, 1.54) is 0 Å². The number of nitrogens with one attached hydrogen (secondary N) is 2. The third kappa shape index (κ3) is 2.25. The molecule has 1 aliphatic heterocycles. The molecule has 60 valence electrons. The number of methoxy groups -OCH3 is 1. The molecule has 10 heavy (non-hydrogen) atoms. The highest BCUT2D eigenvalue weighted by Crippen LogP contribution is 1.92. The first-order valence-electron chi connectivity index (χ1n) is 3.78. The maximum Gasteiger partial charge on any atom is 0.0628 e. The molecule has 2 atom stereocenters. The zero-order chi connectivity index (χ0) is 7.40. The Balaban J connectivity index is 2.18. The normalized spacial score (nSPS) is 34.2. The van der Waals surface area contributed by atoms with Crippen LogP contribution in [0, 0.1) is 0 Å². The molecule has 2 N–H and O–H groups in total. The van der Waals surface area contributed by atoms with Gasteiger partial charge in [-0.15, -0.1) is 0 Å². The van der Waals surface area contributed by atoms with Crippen molar-refractivity contribution in [2.24, 2.45) is 0 Å². The summed E-state index contributed by atoms with van der Waals surface area (Å²) < 4.78 is 5.03. The molecule has 0 amide bonds. The summed E-state index contributed by atoms with van der Waals surface area (Å²) in [5.74, 6) is 0. The van der Waals surface area contributed by atoms with Crippen molar-refractivity contribution in [2.45, 2.75) is 19.0 Å². The van der Waals surface area contributed by atoms with Gasteiger partial charge >= 0.3 is 0 Å². The predicted molar refractivity (Wildman–Crippen MR) is 41.1 cm³/mol. The predicted octanol–water partition coefficient (Wildman–Crippen LogP) is -0.417. The van der Waals surface area contributed by atoms with Crippen LogP contribution in [0.25, 0.3) is 0 Å². The Hall–Kier alpha value is -0.120. The Bertz CT molecular complexity index is 95.6. The Labute approximate surface area is 62.1 Å². The van der Waals surface area contributed by atoms with E-state index >= 15 is 0 Å². The second kappa shape index (κ2) is 3.91. The lowest BCUT2D eigenvalue weighted by Crippen LogP contribution is -2.55. The van der Waals surface area contributed by atoms with E-state index in [1.807, 2.05) is 0 Å². The van der Waals surface area contributed by atoms with Gasteiger partial charge in [0.05, 0.1) is 6.61 Å². The summed E-state index contributed by atoms with van der Waals surface area (Å²) in [6.45, 7) is 5.07. The van der Waals surface area contributed by atoms with Crippen LogP contribution in [0.2, 0.25) is 0 Å². The number of hydrogen-bond acceptors (Lipinski definition) is 3. The summed E-state index contributed by atoms with van der Waals surface area (Å²) in [4.78, 5) is 0. The van der Waals surface area contributed by atoms with Crippen molar-refractivity contribution in [3.63, 3.8) is 0 Å². The van der Waals surface area contributed by atoms with Gasteiger partial charge < -0.3 is 15.4 Å². The van der Waals surface area contributed by atoms with Crippen molar-refractivity contribution >= 4 is 0 Å². The zero-order valence-corrected chi connectivity index (χ0v) is 6.68. The van der Waals surface area contributed by atoms with Crippen LogP contribution in [-0.2, 0) is 4.74 Å². The summed E-state index contributed by atoms with van der Waals surface area (Å²) in [6.07, 6.45) is 0. The standard InChI is InChI=1S/C7H16N2O/c1-6-3-8-4-7(9-6)5-10-2/h6-9H,3-5H2,1-2H3/t6-,7-/m0/s1. The summed E-state index contributed by atoms with van der Waals surface area (Å²) >= 11 is 0. The van der Waals surface area contributed by atoms with Crippen LogP contribution < -0.4 is 10.6 Å². The van der Waals surface area contributed by atoms with Crippen LogP contribution in [0.15, 0.2) is 0 Å². The number of hydrogen-bond donors (Lipinski definition) is 2. The van der Waals surface area contributed by atoms with E-state index in [0.717, 1.165) is 19.7 Å². The highest BCUT2D eigenvalue weighted by molar-refractivity contribution is 4.80. The van der Waals surface area contributed by atoms with E-state index in [4.69, 9.17) is 4.74 Å². The van der Waals surface area contributed by atoms with Gasteiger partial charge in [0, 0.05) is 32.3 Å². The van der Waals surface area contributed by atoms with Crippen molar-refractivity contribution in [3.8, 4) is 0 Å². The Morgan fingerprint density at radius 2 is 2.30 bits per heavy atom. The molecule has 3 heteroatoms. The third-order valence-electron chi connectivity index (χ3n) is 1.73. The fraction of sp³-hybridized carbons (Fsp3) is 1.00. The minimum atomic E-state index is 0.494. The SMILES string of the molecule is COC[C@@H]1CNC[C@H](C)N1. The largest absolute Gasteiger partial charge is 0.383 e. The number of ether oxygens (including phenoxy) is 1. The van der Waals surface area contributed by atoms with Gasteiger partial charge in [0.1, 0.15) is 0 Å². The fourth-order valence-corrected chi connectivity index (χ4v) is 1.30. The molecule has 0 aliphatic carbocycles. The van der Waals surface area contributed by atoms with Crippen LogP contribution >= 0.6 is 0 Å². The van der Waals surface area contributed by atoms with Crippen LogP contribution in [0.3, 0.4) is 0 Å². The molecule has 1 heterocycles. The first-order chi connectivity index (χ1) is 4.83. The van der Waals surface area contributed by atoms with Crippen molar-refractivity contribution < 1.29 is 4.74 Å². The van der Waals surface area contributed by atoms with Gasteiger partial charge in [-0.2, -0.15) is 0 Å². The Morgan fingerprint density at radius 1 is 1.50 bits per heavy atom. The van der Waals surface area contributed by atoms with Crippen LogP contribution in [0.4, 0.5) is 0 Å². The van der Waals surface area contributed by atoms with Crippen molar-refractivity contribution in [3.05, 3.63) is 0 Å². The highest BCUT2D eigenvalue weighted by Gasteiger charge is 2.15. The van der Waals surface area contributed by atoms with Gasteiger partial charge in [-0.3, -0.25) is 0 Å². The molecule has 0 saturated carbocycles. The average molecular weight is 144 g/mol. The maximum absolute atomic E-state index is 5.03. The van der Waals surface area contributed by atoms with E-state index in [1.54, 1.807) is 7.11 Å². The average Bonchev–Trinajstić information content (AvgIpc) is 1.88. The second-order valence-electron chi connectivity index (χ2n) is 2.88. The molecule has 0 spiro atoms. The fourth-order valence-electron chi connectivity index (χ4n) is 1.30. The summed E-state index contributed by atoms with van der Waals surface area (Å²) in [5, 5.41) is 6.76. The third-order valence-corrected chi connectivity index (χ3v) is 1.73. The molecule has 0 unspecified atom stereocenters. The first-order valence-corrected chi connectivity index (χ1v) is 3.78. The van der Waals surface area contributed by atoms with Gasteiger partial charge in [-0.25, -0.2) is 0 Å². The minimum Gasteiger partial charge on any atom is -0.383 e. The lowest BCUT2D eigenvalue weighted by atomic mass is 10.2. The number of rotatable bonds is 2. The van der Waals surface area contributed by atoms with Gasteiger partial charge in [0.2, 0.25) is 0 Å². The molecule has 0 aromatic carbocycles. The topological polar surface area (TPSA) is 33.3 Å². The molecular weight excluding hydrogens is 128 g/mol. The van der Waals surface area contributed by atoms with E-state index in [0.29, 0.717) is 12.1 Å². The van der Waals surface area contributed by atoms with E-state index < -0.39 is 0 Å². The van der Waals surface area contributed by atoms with E-state index in [2.05, 4.69) is 17.6 Å². The van der Waals surface area contributed by atoms with Crippen molar-refractivity contribution in [1.29, 1.82) is 0 Å². The van der Waals surface area contributed by atoms with Gasteiger partial charge in [-0.1, -0.05) is 0 Å². The molecule has 0 aromatic rings. The van der Waals surface area contributed by atoms with Crippen LogP contribution in [-0.4, -0.2) is 38.9 Å². The smallest absolute Gasteiger partial charge is 0.0628 e. The summed E-state index contributed by atoms with van der Waals surface area (Å²) in [6, 6.07) is 1.07. The molecule has 0 aromatic heterocycles. The molecule has 3 nitrogen and oxygen atoms in total. The van der Waals surface area contributed by atoms with Crippen molar-refractivity contribution in [1.82, 2.24) is 10.6 Å². The Kier molecular flexibility index (Phi) is 3.12. The summed E-state index contributed by atoms with van der Waals surface area (Å²) in [5.41, 5.74) is 0. The van der Waals surface area contributed by atoms with Gasteiger partial charge in [0.25, 0.3) is 0 Å². The highest BCUT2D eigenvalue weighted by atomic mass is 16.5. The van der Waals surface area contributed by atoms with Gasteiger partial charge in [-0.05, 0) is 6.92 Å². The molecule has 1 rings (SSSR count). The summed E-state index contributed by atoms with van der Waals surface area (Å²) in [7, 11) is 1.74. The van der Waals surface area contributed by atoms with E-state index in [-0.39, 0.29) is 0 Å². The molecule has 0 radical (unpaired) electrons. The lowest BCUT2D eigenvalue weighted by molar-refractivity contribution is 0.150.